The Morgan fingerprint density at radius 2 is 1.85 bits per heavy atom. The summed E-state index contributed by atoms with van der Waals surface area (Å²) in [5, 5.41) is 2.01. The summed E-state index contributed by atoms with van der Waals surface area (Å²) in [4.78, 5) is 21.5. The zero-order valence-electron chi connectivity index (χ0n) is 7.51. The lowest BCUT2D eigenvalue weighted by Crippen LogP contribution is -2.44. The number of nitrogens with two attached hydrogens (primary N) is 2. The average molecular weight is 185 g/mol. The molecule has 0 heterocycles. The summed E-state index contributed by atoms with van der Waals surface area (Å²) in [6.07, 6.45) is 4.00. The maximum Gasteiger partial charge on any atom is 0.318 e. The van der Waals surface area contributed by atoms with E-state index in [1.165, 1.54) is 0 Å². The molecule has 1 fully saturated rings. The van der Waals surface area contributed by atoms with Crippen molar-refractivity contribution in [3.8, 4) is 0 Å². The minimum Gasteiger partial charge on any atom is -0.351 e. The third-order valence-electron chi connectivity index (χ3n) is 2.37. The molecular weight excluding hydrogens is 170 g/mol. The van der Waals surface area contributed by atoms with Gasteiger partial charge in [-0.3, -0.25) is 10.1 Å². The van der Waals surface area contributed by atoms with Crippen LogP contribution in [0.1, 0.15) is 32.1 Å². The first kappa shape index (κ1) is 9.98. The highest BCUT2D eigenvalue weighted by Gasteiger charge is 2.31. The number of carbonyl (C=O) groups is 2. The van der Waals surface area contributed by atoms with Gasteiger partial charge in [0, 0.05) is 12.0 Å². The minimum atomic E-state index is -0.813. The average Bonchev–Trinajstić information content (AvgIpc) is 2.33. The van der Waals surface area contributed by atoms with Crippen molar-refractivity contribution in [3.05, 3.63) is 0 Å². The van der Waals surface area contributed by atoms with Gasteiger partial charge in [-0.15, -0.1) is 0 Å². The number of urea groups is 1. The molecule has 13 heavy (non-hydrogen) atoms. The summed E-state index contributed by atoms with van der Waals surface area (Å²) < 4.78 is 0. The fourth-order valence-corrected chi connectivity index (χ4v) is 1.76. The Hall–Kier alpha value is -1.10. The van der Waals surface area contributed by atoms with Gasteiger partial charge in [-0.05, 0) is 12.8 Å². The summed E-state index contributed by atoms with van der Waals surface area (Å²) in [6, 6.07) is -0.813. The van der Waals surface area contributed by atoms with E-state index in [4.69, 9.17) is 11.5 Å². The topological polar surface area (TPSA) is 98.2 Å². The summed E-state index contributed by atoms with van der Waals surface area (Å²) in [5.74, 6) is -0.378. The quantitative estimate of drug-likeness (QED) is 0.557. The van der Waals surface area contributed by atoms with E-state index < -0.39 is 11.6 Å². The fourth-order valence-electron chi connectivity index (χ4n) is 1.76. The number of primary amides is 1. The van der Waals surface area contributed by atoms with Crippen LogP contribution in [0, 0.1) is 0 Å². The molecule has 5 N–H and O–H groups in total. The molecule has 5 nitrogen and oxygen atoms in total. The number of rotatable bonds is 2. The molecule has 0 saturated heterocycles. The molecule has 5 heteroatoms. The smallest absolute Gasteiger partial charge is 0.318 e. The van der Waals surface area contributed by atoms with Gasteiger partial charge in [-0.1, -0.05) is 12.8 Å². The van der Waals surface area contributed by atoms with Crippen molar-refractivity contribution in [2.75, 3.05) is 0 Å². The van der Waals surface area contributed by atoms with Crippen LogP contribution < -0.4 is 16.8 Å². The first-order valence-corrected chi connectivity index (χ1v) is 4.40. The Labute approximate surface area is 76.8 Å². The molecule has 1 aliphatic carbocycles. The van der Waals surface area contributed by atoms with E-state index in [9.17, 15) is 9.59 Å². The lowest BCUT2D eigenvalue weighted by molar-refractivity contribution is -0.121. The first-order chi connectivity index (χ1) is 6.02. The van der Waals surface area contributed by atoms with Crippen molar-refractivity contribution in [2.24, 2.45) is 11.5 Å². The van der Waals surface area contributed by atoms with E-state index in [0.29, 0.717) is 0 Å². The molecule has 0 atom stereocenters. The summed E-state index contributed by atoms with van der Waals surface area (Å²) in [7, 11) is 0. The van der Waals surface area contributed by atoms with Gasteiger partial charge in [-0.25, -0.2) is 4.79 Å². The number of hydrogen-bond donors (Lipinski definition) is 3. The third-order valence-corrected chi connectivity index (χ3v) is 2.37. The van der Waals surface area contributed by atoms with Crippen LogP contribution in [-0.4, -0.2) is 17.5 Å². The molecule has 1 saturated carbocycles. The Kier molecular flexibility index (Phi) is 2.87. The predicted molar refractivity (Wildman–Crippen MR) is 47.7 cm³/mol. The predicted octanol–water partition coefficient (Wildman–Crippen LogP) is -0.157. The molecule has 0 unspecified atom stereocenters. The second-order valence-corrected chi connectivity index (χ2v) is 3.66. The molecule has 0 radical (unpaired) electrons. The van der Waals surface area contributed by atoms with Crippen molar-refractivity contribution in [2.45, 2.75) is 37.6 Å². The van der Waals surface area contributed by atoms with Crippen LogP contribution in [0.15, 0.2) is 0 Å². The van der Waals surface area contributed by atoms with Crippen molar-refractivity contribution in [1.29, 1.82) is 0 Å². The highest BCUT2D eigenvalue weighted by Crippen LogP contribution is 2.29. The lowest BCUT2D eigenvalue weighted by Gasteiger charge is -2.21. The van der Waals surface area contributed by atoms with Gasteiger partial charge in [0.05, 0.1) is 0 Å². The lowest BCUT2D eigenvalue weighted by atomic mass is 9.94. The van der Waals surface area contributed by atoms with Crippen LogP contribution in [0.2, 0.25) is 0 Å². The largest absolute Gasteiger partial charge is 0.351 e. The van der Waals surface area contributed by atoms with Gasteiger partial charge in [0.25, 0.3) is 0 Å². The number of hydrogen-bond acceptors (Lipinski definition) is 3. The molecule has 0 spiro atoms. The molecule has 1 aliphatic rings. The Morgan fingerprint density at radius 1 is 1.31 bits per heavy atom. The molecule has 0 aromatic heterocycles. The Balaban J connectivity index is 2.38. The molecule has 74 valence electrons. The molecule has 0 bridgehead atoms. The maximum atomic E-state index is 11.1. The van der Waals surface area contributed by atoms with E-state index in [2.05, 4.69) is 0 Å². The summed E-state index contributed by atoms with van der Waals surface area (Å²) >= 11 is 0. The van der Waals surface area contributed by atoms with E-state index >= 15 is 0 Å². The van der Waals surface area contributed by atoms with Gasteiger partial charge in [0.2, 0.25) is 5.91 Å². The van der Waals surface area contributed by atoms with Crippen LogP contribution in [0.5, 0.6) is 0 Å². The van der Waals surface area contributed by atoms with E-state index in [1.807, 2.05) is 5.32 Å². The highest BCUT2D eigenvalue weighted by molar-refractivity contribution is 5.93. The Bertz CT molecular complexity index is 221. The number of nitrogens with one attached hydrogen (secondary N) is 1. The maximum absolute atomic E-state index is 11.1. The number of carbonyl (C=O) groups excluding carboxylic acids is 2. The zero-order chi connectivity index (χ0) is 9.90. The molecule has 1 rings (SSSR count). The summed E-state index contributed by atoms with van der Waals surface area (Å²) in [5.41, 5.74) is 10.3. The fraction of sp³-hybridized carbons (Fsp3) is 0.750. The number of amides is 3. The molecule has 0 aromatic carbocycles. The van der Waals surface area contributed by atoms with Crippen molar-refractivity contribution < 1.29 is 9.59 Å². The van der Waals surface area contributed by atoms with E-state index in [0.717, 1.165) is 25.7 Å². The van der Waals surface area contributed by atoms with Crippen molar-refractivity contribution in [3.63, 3.8) is 0 Å². The van der Waals surface area contributed by atoms with Crippen LogP contribution in [-0.2, 0) is 4.79 Å². The highest BCUT2D eigenvalue weighted by atomic mass is 16.2. The van der Waals surface area contributed by atoms with Gasteiger partial charge in [0.1, 0.15) is 0 Å². The van der Waals surface area contributed by atoms with Crippen LogP contribution >= 0.6 is 0 Å². The van der Waals surface area contributed by atoms with Crippen molar-refractivity contribution >= 4 is 11.9 Å². The van der Waals surface area contributed by atoms with Gasteiger partial charge in [0.15, 0.2) is 0 Å². The molecule has 0 aromatic rings. The first-order valence-electron chi connectivity index (χ1n) is 4.40. The SMILES string of the molecule is NC(=O)NC(=O)CC1(N)CCCC1. The van der Waals surface area contributed by atoms with E-state index in [1.54, 1.807) is 0 Å². The Morgan fingerprint density at radius 3 is 2.31 bits per heavy atom. The molecular formula is C8H15N3O2. The van der Waals surface area contributed by atoms with Gasteiger partial charge >= 0.3 is 6.03 Å². The van der Waals surface area contributed by atoms with Gasteiger partial charge in [-0.2, -0.15) is 0 Å². The van der Waals surface area contributed by atoms with Crippen LogP contribution in [0.3, 0.4) is 0 Å². The zero-order valence-corrected chi connectivity index (χ0v) is 7.51. The second-order valence-electron chi connectivity index (χ2n) is 3.66. The van der Waals surface area contributed by atoms with Crippen LogP contribution in [0.4, 0.5) is 4.79 Å². The minimum absolute atomic E-state index is 0.190. The monoisotopic (exact) mass is 185 g/mol. The second kappa shape index (κ2) is 3.74. The molecule has 0 aliphatic heterocycles. The number of imide groups is 1. The normalized spacial score (nSPS) is 19.8. The standard InChI is InChI=1S/C8H15N3O2/c9-7(13)11-6(12)5-8(10)3-1-2-4-8/h1-5,10H2,(H3,9,11,12,13). The summed E-state index contributed by atoms with van der Waals surface area (Å²) in [6.45, 7) is 0. The van der Waals surface area contributed by atoms with Crippen LogP contribution in [0.25, 0.3) is 0 Å². The molecule has 3 amide bonds. The third kappa shape index (κ3) is 3.02. The van der Waals surface area contributed by atoms with E-state index in [-0.39, 0.29) is 12.3 Å². The van der Waals surface area contributed by atoms with Crippen molar-refractivity contribution in [1.82, 2.24) is 5.32 Å². The van der Waals surface area contributed by atoms with Gasteiger partial charge < -0.3 is 11.5 Å².